The molecule has 0 aromatic rings. The van der Waals surface area contributed by atoms with Crippen LogP contribution in [0.25, 0.3) is 0 Å². The van der Waals surface area contributed by atoms with Crippen molar-refractivity contribution in [1.82, 2.24) is 5.48 Å². The highest BCUT2D eigenvalue weighted by Gasteiger charge is 2.38. The van der Waals surface area contributed by atoms with Gasteiger partial charge in [-0.2, -0.15) is 0 Å². The zero-order chi connectivity index (χ0) is 12.3. The van der Waals surface area contributed by atoms with E-state index >= 15 is 0 Å². The first-order valence-corrected chi connectivity index (χ1v) is 6.60. The fraction of sp³-hybridized carbons (Fsp3) is 0.889. The lowest BCUT2D eigenvalue weighted by Crippen LogP contribution is -2.47. The van der Waals surface area contributed by atoms with E-state index in [1.807, 2.05) is 13.8 Å². The lowest BCUT2D eigenvalue weighted by molar-refractivity contribution is -0.136. The SMILES string of the molecule is CC(C)CONC(=O)C(C)(C)S(C)(=O)=O. The molecule has 0 rings (SSSR count). The summed E-state index contributed by atoms with van der Waals surface area (Å²) in [6.07, 6.45) is 1.02. The summed E-state index contributed by atoms with van der Waals surface area (Å²) in [4.78, 5) is 16.4. The Kier molecular flexibility index (Phi) is 4.73. The number of carbonyl (C=O) groups excluding carboxylic acids is 1. The van der Waals surface area contributed by atoms with Crippen LogP contribution >= 0.6 is 0 Å². The molecule has 0 radical (unpaired) electrons. The van der Waals surface area contributed by atoms with Gasteiger partial charge in [-0.25, -0.2) is 13.9 Å². The Morgan fingerprint density at radius 3 is 2.20 bits per heavy atom. The summed E-state index contributed by atoms with van der Waals surface area (Å²) in [5, 5.41) is 0. The second-order valence-electron chi connectivity index (χ2n) is 4.42. The summed E-state index contributed by atoms with van der Waals surface area (Å²) in [5.41, 5.74) is 2.14. The minimum atomic E-state index is -3.44. The molecule has 0 aliphatic heterocycles. The van der Waals surface area contributed by atoms with Crippen molar-refractivity contribution < 1.29 is 18.0 Å². The van der Waals surface area contributed by atoms with Crippen LogP contribution in [0.1, 0.15) is 27.7 Å². The van der Waals surface area contributed by atoms with Crippen LogP contribution in [0, 0.1) is 5.92 Å². The third-order valence-electron chi connectivity index (χ3n) is 2.06. The molecule has 0 aromatic carbocycles. The van der Waals surface area contributed by atoms with Crippen molar-refractivity contribution in [3.8, 4) is 0 Å². The lowest BCUT2D eigenvalue weighted by atomic mass is 10.2. The Bertz CT molecular complexity index is 319. The highest BCUT2D eigenvalue weighted by Crippen LogP contribution is 2.14. The Balaban J connectivity index is 4.35. The van der Waals surface area contributed by atoms with Crippen LogP contribution in [-0.2, 0) is 19.5 Å². The van der Waals surface area contributed by atoms with E-state index in [0.717, 1.165) is 6.26 Å². The van der Waals surface area contributed by atoms with E-state index in [9.17, 15) is 13.2 Å². The van der Waals surface area contributed by atoms with E-state index in [-0.39, 0.29) is 5.92 Å². The minimum absolute atomic E-state index is 0.270. The third-order valence-corrected chi connectivity index (χ3v) is 4.09. The maximum Gasteiger partial charge on any atom is 0.264 e. The molecule has 0 saturated carbocycles. The molecule has 15 heavy (non-hydrogen) atoms. The van der Waals surface area contributed by atoms with Crippen LogP contribution in [0.3, 0.4) is 0 Å². The normalized spacial score (nSPS) is 12.9. The van der Waals surface area contributed by atoms with Crippen LogP contribution in [0.2, 0.25) is 0 Å². The van der Waals surface area contributed by atoms with E-state index < -0.39 is 20.5 Å². The number of sulfone groups is 1. The second-order valence-corrected chi connectivity index (χ2v) is 6.98. The number of hydroxylamine groups is 1. The average Bonchev–Trinajstić information content (AvgIpc) is 2.01. The quantitative estimate of drug-likeness (QED) is 0.707. The van der Waals surface area contributed by atoms with Gasteiger partial charge in [-0.05, 0) is 19.8 Å². The molecule has 0 atom stereocenters. The van der Waals surface area contributed by atoms with E-state index in [2.05, 4.69) is 5.48 Å². The topological polar surface area (TPSA) is 72.5 Å². The van der Waals surface area contributed by atoms with Crippen molar-refractivity contribution in [3.05, 3.63) is 0 Å². The first kappa shape index (κ1) is 14.4. The fourth-order valence-corrected chi connectivity index (χ4v) is 0.944. The molecule has 0 bridgehead atoms. The molecule has 0 saturated heterocycles. The molecular formula is C9H19NO4S. The largest absolute Gasteiger partial charge is 0.273 e. The zero-order valence-electron chi connectivity index (χ0n) is 9.83. The Morgan fingerprint density at radius 2 is 1.87 bits per heavy atom. The monoisotopic (exact) mass is 237 g/mol. The summed E-state index contributed by atoms with van der Waals surface area (Å²) in [5.74, 6) is -0.378. The molecule has 0 heterocycles. The molecule has 0 unspecified atom stereocenters. The van der Waals surface area contributed by atoms with Crippen LogP contribution in [0.5, 0.6) is 0 Å². The summed E-state index contributed by atoms with van der Waals surface area (Å²) in [6.45, 7) is 6.89. The summed E-state index contributed by atoms with van der Waals surface area (Å²) in [6, 6.07) is 0. The maximum absolute atomic E-state index is 11.5. The van der Waals surface area contributed by atoms with Gasteiger partial charge in [0.05, 0.1) is 6.61 Å². The summed E-state index contributed by atoms with van der Waals surface area (Å²) in [7, 11) is -3.44. The number of amides is 1. The van der Waals surface area contributed by atoms with E-state index in [1.165, 1.54) is 13.8 Å². The summed E-state index contributed by atoms with van der Waals surface area (Å²) < 4.78 is 21.1. The van der Waals surface area contributed by atoms with Gasteiger partial charge in [0.1, 0.15) is 4.75 Å². The van der Waals surface area contributed by atoms with E-state index in [1.54, 1.807) is 0 Å². The second kappa shape index (κ2) is 4.94. The van der Waals surface area contributed by atoms with Gasteiger partial charge in [0.15, 0.2) is 9.84 Å². The van der Waals surface area contributed by atoms with Crippen molar-refractivity contribution in [1.29, 1.82) is 0 Å². The lowest BCUT2D eigenvalue weighted by Gasteiger charge is -2.21. The number of hydrogen-bond acceptors (Lipinski definition) is 4. The van der Waals surface area contributed by atoms with Crippen LogP contribution < -0.4 is 5.48 Å². The molecule has 90 valence electrons. The van der Waals surface area contributed by atoms with Gasteiger partial charge in [0, 0.05) is 6.26 Å². The van der Waals surface area contributed by atoms with E-state index in [4.69, 9.17) is 4.84 Å². The predicted molar refractivity (Wildman–Crippen MR) is 57.9 cm³/mol. The van der Waals surface area contributed by atoms with Gasteiger partial charge in [0.2, 0.25) is 0 Å². The van der Waals surface area contributed by atoms with E-state index in [0.29, 0.717) is 6.61 Å². The van der Waals surface area contributed by atoms with Crippen molar-refractivity contribution in [2.45, 2.75) is 32.4 Å². The molecule has 1 N–H and O–H groups in total. The number of nitrogens with one attached hydrogen (secondary N) is 1. The summed E-state index contributed by atoms with van der Waals surface area (Å²) >= 11 is 0. The van der Waals surface area contributed by atoms with Gasteiger partial charge in [-0.1, -0.05) is 13.8 Å². The Hall–Kier alpha value is -0.620. The average molecular weight is 237 g/mol. The number of hydrogen-bond donors (Lipinski definition) is 1. The number of carbonyl (C=O) groups is 1. The van der Waals surface area contributed by atoms with Crippen molar-refractivity contribution in [2.24, 2.45) is 5.92 Å². The van der Waals surface area contributed by atoms with Gasteiger partial charge >= 0.3 is 0 Å². The Labute approximate surface area is 91.1 Å². The standard InChI is InChI=1S/C9H19NO4S/c1-7(2)6-14-10-8(11)9(3,4)15(5,12)13/h7H,6H2,1-5H3,(H,10,11). The zero-order valence-corrected chi connectivity index (χ0v) is 10.6. The molecule has 0 aliphatic carbocycles. The third kappa shape index (κ3) is 4.17. The predicted octanol–water partition coefficient (Wildman–Crippen LogP) is 0.513. The van der Waals surface area contributed by atoms with Crippen LogP contribution in [0.15, 0.2) is 0 Å². The van der Waals surface area contributed by atoms with Crippen molar-refractivity contribution in [2.75, 3.05) is 12.9 Å². The van der Waals surface area contributed by atoms with Gasteiger partial charge in [-0.3, -0.25) is 9.63 Å². The molecule has 1 amide bonds. The molecule has 0 aromatic heterocycles. The first-order chi connectivity index (χ1) is 6.59. The van der Waals surface area contributed by atoms with Gasteiger partial charge < -0.3 is 0 Å². The molecule has 0 fully saturated rings. The first-order valence-electron chi connectivity index (χ1n) is 4.71. The molecule has 0 spiro atoms. The molecule has 6 heteroatoms. The fourth-order valence-electron chi connectivity index (χ4n) is 0.565. The van der Waals surface area contributed by atoms with Crippen LogP contribution in [0.4, 0.5) is 0 Å². The van der Waals surface area contributed by atoms with Gasteiger partial charge in [0.25, 0.3) is 5.91 Å². The Morgan fingerprint density at radius 1 is 1.40 bits per heavy atom. The number of rotatable bonds is 5. The van der Waals surface area contributed by atoms with Crippen molar-refractivity contribution >= 4 is 15.7 Å². The molecular weight excluding hydrogens is 218 g/mol. The molecule has 0 aliphatic rings. The smallest absolute Gasteiger partial charge is 0.264 e. The van der Waals surface area contributed by atoms with Crippen molar-refractivity contribution in [3.63, 3.8) is 0 Å². The molecule has 5 nitrogen and oxygen atoms in total. The van der Waals surface area contributed by atoms with Crippen LogP contribution in [-0.4, -0.2) is 31.9 Å². The minimum Gasteiger partial charge on any atom is -0.273 e. The maximum atomic E-state index is 11.5. The van der Waals surface area contributed by atoms with Gasteiger partial charge in [-0.15, -0.1) is 0 Å². The highest BCUT2D eigenvalue weighted by atomic mass is 32.2. The highest BCUT2D eigenvalue weighted by molar-refractivity contribution is 7.92.